The van der Waals surface area contributed by atoms with Gasteiger partial charge in [-0.2, -0.15) is 0 Å². The maximum absolute atomic E-state index is 13.4. The average molecular weight is 245 g/mol. The fraction of sp³-hybridized carbons (Fsp3) is 0.154. The fourth-order valence-electron chi connectivity index (χ4n) is 1.60. The number of halogens is 1. The first-order chi connectivity index (χ1) is 8.56. The zero-order chi connectivity index (χ0) is 13.1. The Kier molecular flexibility index (Phi) is 3.32. The molecular weight excluding hydrogens is 233 g/mol. The molecule has 5 heteroatoms. The molecular formula is C13H12FN3O. The standard InChI is InChI=1S/C13H12FN3O/c1-8-7-9(2)16-13(15-8)17-12(18)10-5-3-4-6-11(10)14/h3-7H,1-2H3,(H,15,16,17,18). The van der Waals surface area contributed by atoms with E-state index in [0.717, 1.165) is 11.4 Å². The molecule has 0 atom stereocenters. The molecule has 0 fully saturated rings. The summed E-state index contributed by atoms with van der Waals surface area (Å²) in [5.41, 5.74) is 1.46. The van der Waals surface area contributed by atoms with E-state index in [4.69, 9.17) is 0 Å². The second-order valence-corrected chi connectivity index (χ2v) is 3.91. The van der Waals surface area contributed by atoms with Gasteiger partial charge in [0.1, 0.15) is 5.82 Å². The van der Waals surface area contributed by atoms with Crippen LogP contribution in [-0.2, 0) is 0 Å². The number of aromatic nitrogens is 2. The third-order valence-corrected chi connectivity index (χ3v) is 2.33. The van der Waals surface area contributed by atoms with Crippen molar-refractivity contribution in [2.75, 3.05) is 5.32 Å². The van der Waals surface area contributed by atoms with Crippen LogP contribution in [0.25, 0.3) is 0 Å². The summed E-state index contributed by atoms with van der Waals surface area (Å²) in [4.78, 5) is 20.0. The lowest BCUT2D eigenvalue weighted by Crippen LogP contribution is -2.16. The molecule has 2 aromatic rings. The molecule has 92 valence electrons. The van der Waals surface area contributed by atoms with Crippen LogP contribution >= 0.6 is 0 Å². The van der Waals surface area contributed by atoms with Crippen molar-refractivity contribution in [3.05, 3.63) is 53.1 Å². The molecule has 18 heavy (non-hydrogen) atoms. The first-order valence-corrected chi connectivity index (χ1v) is 5.44. The highest BCUT2D eigenvalue weighted by Crippen LogP contribution is 2.10. The summed E-state index contributed by atoms with van der Waals surface area (Å²) in [6, 6.07) is 7.56. The highest BCUT2D eigenvalue weighted by atomic mass is 19.1. The monoisotopic (exact) mass is 245 g/mol. The molecule has 0 aliphatic rings. The molecule has 1 N–H and O–H groups in total. The number of hydrogen-bond donors (Lipinski definition) is 1. The Morgan fingerprint density at radius 3 is 2.39 bits per heavy atom. The number of amides is 1. The minimum absolute atomic E-state index is 0.0275. The van der Waals surface area contributed by atoms with Crippen LogP contribution in [-0.4, -0.2) is 15.9 Å². The van der Waals surface area contributed by atoms with Crippen LogP contribution in [0, 0.1) is 19.7 Å². The molecule has 2 rings (SSSR count). The van der Waals surface area contributed by atoms with Crippen LogP contribution < -0.4 is 5.32 Å². The second kappa shape index (κ2) is 4.91. The molecule has 1 heterocycles. The number of aryl methyl sites for hydroxylation is 2. The van der Waals surface area contributed by atoms with Gasteiger partial charge >= 0.3 is 0 Å². The van der Waals surface area contributed by atoms with E-state index in [1.807, 2.05) is 0 Å². The molecule has 0 bridgehead atoms. The Labute approximate surface area is 104 Å². The van der Waals surface area contributed by atoms with Gasteiger partial charge in [0.2, 0.25) is 5.95 Å². The summed E-state index contributed by atoms with van der Waals surface area (Å²) < 4.78 is 13.4. The molecule has 0 spiro atoms. The number of benzene rings is 1. The van der Waals surface area contributed by atoms with Crippen LogP contribution in [0.5, 0.6) is 0 Å². The lowest BCUT2D eigenvalue weighted by Gasteiger charge is -2.06. The predicted molar refractivity (Wildman–Crippen MR) is 65.9 cm³/mol. The highest BCUT2D eigenvalue weighted by molar-refractivity contribution is 6.03. The number of carbonyl (C=O) groups is 1. The number of carbonyl (C=O) groups excluding carboxylic acids is 1. The predicted octanol–water partition coefficient (Wildman–Crippen LogP) is 2.48. The normalized spacial score (nSPS) is 10.2. The molecule has 0 radical (unpaired) electrons. The van der Waals surface area contributed by atoms with E-state index in [2.05, 4.69) is 15.3 Å². The van der Waals surface area contributed by atoms with Crippen molar-refractivity contribution in [2.24, 2.45) is 0 Å². The summed E-state index contributed by atoms with van der Waals surface area (Å²) in [6.45, 7) is 3.60. The first kappa shape index (κ1) is 12.2. The third kappa shape index (κ3) is 2.68. The minimum Gasteiger partial charge on any atom is -0.290 e. The van der Waals surface area contributed by atoms with Gasteiger partial charge in [-0.25, -0.2) is 14.4 Å². The van der Waals surface area contributed by atoms with E-state index in [-0.39, 0.29) is 11.5 Å². The van der Waals surface area contributed by atoms with Crippen LogP contribution in [0.3, 0.4) is 0 Å². The summed E-state index contributed by atoms with van der Waals surface area (Å²) in [7, 11) is 0. The Morgan fingerprint density at radius 1 is 1.17 bits per heavy atom. The van der Waals surface area contributed by atoms with Crippen molar-refractivity contribution in [2.45, 2.75) is 13.8 Å². The topological polar surface area (TPSA) is 54.9 Å². The van der Waals surface area contributed by atoms with Gasteiger partial charge in [0.05, 0.1) is 5.56 Å². The van der Waals surface area contributed by atoms with Crippen molar-refractivity contribution in [1.29, 1.82) is 0 Å². The van der Waals surface area contributed by atoms with Crippen LogP contribution in [0.1, 0.15) is 21.7 Å². The average Bonchev–Trinajstić information content (AvgIpc) is 2.27. The van der Waals surface area contributed by atoms with Gasteiger partial charge in [-0.3, -0.25) is 10.1 Å². The number of anilines is 1. The van der Waals surface area contributed by atoms with Crippen LogP contribution in [0.4, 0.5) is 10.3 Å². The molecule has 4 nitrogen and oxygen atoms in total. The second-order valence-electron chi connectivity index (χ2n) is 3.91. The van der Waals surface area contributed by atoms with Crippen LogP contribution in [0.15, 0.2) is 30.3 Å². The molecule has 0 unspecified atom stereocenters. The van der Waals surface area contributed by atoms with E-state index in [1.54, 1.807) is 26.0 Å². The number of nitrogens with zero attached hydrogens (tertiary/aromatic N) is 2. The van der Waals surface area contributed by atoms with E-state index in [0.29, 0.717) is 0 Å². The number of rotatable bonds is 2. The fourth-order valence-corrected chi connectivity index (χ4v) is 1.60. The Bertz CT molecular complexity index is 578. The van der Waals surface area contributed by atoms with Gasteiger partial charge in [0, 0.05) is 11.4 Å². The largest absolute Gasteiger partial charge is 0.290 e. The smallest absolute Gasteiger partial charge is 0.260 e. The van der Waals surface area contributed by atoms with E-state index in [9.17, 15) is 9.18 Å². The van der Waals surface area contributed by atoms with Gasteiger partial charge in [-0.05, 0) is 32.0 Å². The number of nitrogens with one attached hydrogen (secondary N) is 1. The summed E-state index contributed by atoms with van der Waals surface area (Å²) in [5.74, 6) is -0.946. The quantitative estimate of drug-likeness (QED) is 0.884. The molecule has 0 aliphatic heterocycles. The highest BCUT2D eigenvalue weighted by Gasteiger charge is 2.12. The molecule has 1 aromatic heterocycles. The molecule has 1 aromatic carbocycles. The molecule has 0 aliphatic carbocycles. The Balaban J connectivity index is 2.24. The van der Waals surface area contributed by atoms with E-state index in [1.165, 1.54) is 18.2 Å². The third-order valence-electron chi connectivity index (χ3n) is 2.33. The lowest BCUT2D eigenvalue weighted by molar-refractivity contribution is 0.102. The Hall–Kier alpha value is -2.30. The van der Waals surface area contributed by atoms with E-state index >= 15 is 0 Å². The lowest BCUT2D eigenvalue weighted by atomic mass is 10.2. The van der Waals surface area contributed by atoms with Gasteiger partial charge in [0.15, 0.2) is 0 Å². The first-order valence-electron chi connectivity index (χ1n) is 5.44. The summed E-state index contributed by atoms with van der Waals surface area (Å²) in [5, 5.41) is 2.48. The van der Waals surface area contributed by atoms with Gasteiger partial charge in [0.25, 0.3) is 5.91 Å². The molecule has 0 saturated heterocycles. The van der Waals surface area contributed by atoms with Crippen molar-refractivity contribution >= 4 is 11.9 Å². The maximum Gasteiger partial charge on any atom is 0.260 e. The van der Waals surface area contributed by atoms with Crippen molar-refractivity contribution in [3.63, 3.8) is 0 Å². The molecule has 0 saturated carbocycles. The van der Waals surface area contributed by atoms with Crippen LogP contribution in [0.2, 0.25) is 0 Å². The van der Waals surface area contributed by atoms with Crippen molar-refractivity contribution in [1.82, 2.24) is 9.97 Å². The van der Waals surface area contributed by atoms with Gasteiger partial charge < -0.3 is 0 Å². The number of hydrogen-bond acceptors (Lipinski definition) is 3. The van der Waals surface area contributed by atoms with Crippen molar-refractivity contribution < 1.29 is 9.18 Å². The maximum atomic E-state index is 13.4. The van der Waals surface area contributed by atoms with Gasteiger partial charge in [-0.15, -0.1) is 0 Å². The summed E-state index contributed by atoms with van der Waals surface area (Å²) >= 11 is 0. The zero-order valence-corrected chi connectivity index (χ0v) is 10.1. The van der Waals surface area contributed by atoms with Crippen molar-refractivity contribution in [3.8, 4) is 0 Å². The van der Waals surface area contributed by atoms with E-state index < -0.39 is 11.7 Å². The SMILES string of the molecule is Cc1cc(C)nc(NC(=O)c2ccccc2F)n1. The van der Waals surface area contributed by atoms with Gasteiger partial charge in [-0.1, -0.05) is 12.1 Å². The minimum atomic E-state index is -0.570. The Morgan fingerprint density at radius 2 is 1.78 bits per heavy atom. The zero-order valence-electron chi connectivity index (χ0n) is 10.1. The summed E-state index contributed by atoms with van der Waals surface area (Å²) in [6.07, 6.45) is 0. The molecule has 1 amide bonds.